The van der Waals surface area contributed by atoms with Crippen LogP contribution in [-0.4, -0.2) is 22.4 Å². The molecule has 2 nitrogen and oxygen atoms in total. The number of hydrogen-bond donors (Lipinski definition) is 2. The van der Waals surface area contributed by atoms with E-state index in [2.05, 4.69) is 0 Å². The molecule has 2 saturated carbocycles. The first-order valence-corrected chi connectivity index (χ1v) is 5.12. The molecule has 0 aliphatic heterocycles. The molecule has 3 atom stereocenters. The van der Waals surface area contributed by atoms with Crippen molar-refractivity contribution in [2.45, 2.75) is 57.2 Å². The Morgan fingerprint density at radius 1 is 0.833 bits per heavy atom. The Morgan fingerprint density at radius 3 is 2.00 bits per heavy atom. The van der Waals surface area contributed by atoms with E-state index in [4.69, 9.17) is 0 Å². The monoisotopic (exact) mass is 170 g/mol. The lowest BCUT2D eigenvalue weighted by Gasteiger charge is -2.40. The number of aliphatic hydroxyl groups is 2. The molecular formula is C10H18O2. The molecule has 12 heavy (non-hydrogen) atoms. The first kappa shape index (κ1) is 8.52. The van der Waals surface area contributed by atoms with Crippen molar-refractivity contribution in [1.82, 2.24) is 0 Å². The lowest BCUT2D eigenvalue weighted by molar-refractivity contribution is -0.0763. The van der Waals surface area contributed by atoms with Gasteiger partial charge < -0.3 is 10.2 Å². The van der Waals surface area contributed by atoms with E-state index in [1.807, 2.05) is 0 Å². The van der Waals surface area contributed by atoms with Crippen LogP contribution in [0.4, 0.5) is 0 Å². The van der Waals surface area contributed by atoms with Crippen LogP contribution < -0.4 is 0 Å². The van der Waals surface area contributed by atoms with Gasteiger partial charge in [-0.1, -0.05) is 19.3 Å². The lowest BCUT2D eigenvalue weighted by atomic mass is 9.69. The quantitative estimate of drug-likeness (QED) is 0.577. The van der Waals surface area contributed by atoms with Gasteiger partial charge in [0.1, 0.15) is 0 Å². The molecule has 1 spiro atoms. The number of aliphatic hydroxyl groups excluding tert-OH is 2. The zero-order valence-corrected chi connectivity index (χ0v) is 7.50. The van der Waals surface area contributed by atoms with E-state index >= 15 is 0 Å². The Bertz CT molecular complexity index is 169. The van der Waals surface area contributed by atoms with E-state index in [1.54, 1.807) is 0 Å². The molecule has 0 unspecified atom stereocenters. The van der Waals surface area contributed by atoms with E-state index in [0.29, 0.717) is 0 Å². The molecule has 0 bridgehead atoms. The second-order valence-electron chi connectivity index (χ2n) is 4.40. The second-order valence-corrected chi connectivity index (χ2v) is 4.40. The predicted molar refractivity (Wildman–Crippen MR) is 46.8 cm³/mol. The van der Waals surface area contributed by atoms with Crippen LogP contribution in [0.5, 0.6) is 0 Å². The smallest absolute Gasteiger partial charge is 0.0621 e. The third-order valence-electron chi connectivity index (χ3n) is 3.82. The van der Waals surface area contributed by atoms with Gasteiger partial charge in [-0.15, -0.1) is 0 Å². The number of rotatable bonds is 0. The SMILES string of the molecule is O[C@@H]1CCCC[C@@]12CCC[C@H]2O. The van der Waals surface area contributed by atoms with E-state index in [1.165, 1.54) is 6.42 Å². The molecule has 0 heterocycles. The highest BCUT2D eigenvalue weighted by molar-refractivity contribution is 4.98. The molecule has 2 N–H and O–H groups in total. The van der Waals surface area contributed by atoms with Crippen LogP contribution in [0.1, 0.15) is 44.9 Å². The maximum atomic E-state index is 9.87. The van der Waals surface area contributed by atoms with Crippen LogP contribution in [0.2, 0.25) is 0 Å². The van der Waals surface area contributed by atoms with Crippen LogP contribution in [0, 0.1) is 5.41 Å². The average molecular weight is 170 g/mol. The molecule has 0 aromatic rings. The zero-order chi connectivity index (χ0) is 8.60. The summed E-state index contributed by atoms with van der Waals surface area (Å²) >= 11 is 0. The average Bonchev–Trinajstić information content (AvgIpc) is 2.41. The van der Waals surface area contributed by atoms with E-state index in [0.717, 1.165) is 38.5 Å². The van der Waals surface area contributed by atoms with Crippen molar-refractivity contribution in [3.05, 3.63) is 0 Å². The third-order valence-corrected chi connectivity index (χ3v) is 3.82. The normalized spacial score (nSPS) is 48.5. The van der Waals surface area contributed by atoms with E-state index in [-0.39, 0.29) is 17.6 Å². The highest BCUT2D eigenvalue weighted by atomic mass is 16.3. The van der Waals surface area contributed by atoms with Crippen molar-refractivity contribution in [3.63, 3.8) is 0 Å². The van der Waals surface area contributed by atoms with Crippen LogP contribution in [0.25, 0.3) is 0 Å². The van der Waals surface area contributed by atoms with Gasteiger partial charge in [0.25, 0.3) is 0 Å². The Morgan fingerprint density at radius 2 is 1.42 bits per heavy atom. The lowest BCUT2D eigenvalue weighted by Crippen LogP contribution is -2.43. The minimum absolute atomic E-state index is 0.0990. The summed E-state index contributed by atoms with van der Waals surface area (Å²) in [6, 6.07) is 0. The highest BCUT2D eigenvalue weighted by Gasteiger charge is 2.48. The molecule has 2 fully saturated rings. The van der Waals surface area contributed by atoms with Gasteiger partial charge >= 0.3 is 0 Å². The molecule has 0 saturated heterocycles. The van der Waals surface area contributed by atoms with Crippen molar-refractivity contribution in [3.8, 4) is 0 Å². The topological polar surface area (TPSA) is 40.5 Å². The van der Waals surface area contributed by atoms with Gasteiger partial charge in [-0.3, -0.25) is 0 Å². The van der Waals surface area contributed by atoms with Gasteiger partial charge in [-0.05, 0) is 25.7 Å². The Labute approximate surface area is 73.6 Å². The van der Waals surface area contributed by atoms with Crippen LogP contribution in [-0.2, 0) is 0 Å². The summed E-state index contributed by atoms with van der Waals surface area (Å²) < 4.78 is 0. The molecule has 2 heteroatoms. The van der Waals surface area contributed by atoms with Gasteiger partial charge in [0, 0.05) is 5.41 Å². The molecule has 2 aliphatic carbocycles. The molecule has 2 aliphatic rings. The predicted octanol–water partition coefficient (Wildman–Crippen LogP) is 1.45. The summed E-state index contributed by atoms with van der Waals surface area (Å²) in [7, 11) is 0. The van der Waals surface area contributed by atoms with Crippen molar-refractivity contribution >= 4 is 0 Å². The summed E-state index contributed by atoms with van der Waals surface area (Å²) in [5.41, 5.74) is -0.0990. The Hall–Kier alpha value is -0.0800. The first-order valence-electron chi connectivity index (χ1n) is 5.12. The molecule has 0 amide bonds. The minimum atomic E-state index is -0.233. The van der Waals surface area contributed by atoms with E-state index < -0.39 is 0 Å². The molecule has 70 valence electrons. The van der Waals surface area contributed by atoms with Crippen molar-refractivity contribution in [2.24, 2.45) is 5.41 Å². The Balaban J connectivity index is 2.15. The van der Waals surface area contributed by atoms with Gasteiger partial charge in [0.15, 0.2) is 0 Å². The largest absolute Gasteiger partial charge is 0.392 e. The van der Waals surface area contributed by atoms with Gasteiger partial charge in [-0.2, -0.15) is 0 Å². The van der Waals surface area contributed by atoms with Crippen molar-refractivity contribution in [1.29, 1.82) is 0 Å². The summed E-state index contributed by atoms with van der Waals surface area (Å²) in [4.78, 5) is 0. The zero-order valence-electron chi connectivity index (χ0n) is 7.50. The summed E-state index contributed by atoms with van der Waals surface area (Å²) in [5.74, 6) is 0. The van der Waals surface area contributed by atoms with Crippen molar-refractivity contribution in [2.75, 3.05) is 0 Å². The molecule has 0 radical (unpaired) electrons. The fourth-order valence-corrected chi connectivity index (χ4v) is 3.00. The third kappa shape index (κ3) is 1.09. The molecule has 0 aromatic heterocycles. The number of hydrogen-bond acceptors (Lipinski definition) is 2. The summed E-state index contributed by atoms with van der Waals surface area (Å²) in [6.07, 6.45) is 6.83. The molecule has 2 rings (SSSR count). The fraction of sp³-hybridized carbons (Fsp3) is 1.00. The maximum Gasteiger partial charge on any atom is 0.0621 e. The second kappa shape index (κ2) is 3.00. The van der Waals surface area contributed by atoms with Gasteiger partial charge in [-0.25, -0.2) is 0 Å². The van der Waals surface area contributed by atoms with Crippen molar-refractivity contribution < 1.29 is 10.2 Å². The summed E-state index contributed by atoms with van der Waals surface area (Å²) in [6.45, 7) is 0. The van der Waals surface area contributed by atoms with Gasteiger partial charge in [0.05, 0.1) is 12.2 Å². The summed E-state index contributed by atoms with van der Waals surface area (Å²) in [5, 5.41) is 19.7. The molecule has 0 aromatic carbocycles. The fourth-order valence-electron chi connectivity index (χ4n) is 3.00. The maximum absolute atomic E-state index is 9.87. The first-order chi connectivity index (χ1) is 5.76. The van der Waals surface area contributed by atoms with Crippen LogP contribution >= 0.6 is 0 Å². The van der Waals surface area contributed by atoms with Crippen LogP contribution in [0.15, 0.2) is 0 Å². The molecular weight excluding hydrogens is 152 g/mol. The minimum Gasteiger partial charge on any atom is -0.392 e. The standard InChI is InChI=1S/C10H18O2/c11-8-4-1-2-6-10(8)7-3-5-9(10)12/h8-9,11-12H,1-7H2/t8-,9-,10-/m1/s1. The van der Waals surface area contributed by atoms with E-state index in [9.17, 15) is 10.2 Å². The Kier molecular flexibility index (Phi) is 2.13. The van der Waals surface area contributed by atoms with Crippen LogP contribution in [0.3, 0.4) is 0 Å². The van der Waals surface area contributed by atoms with Gasteiger partial charge in [0.2, 0.25) is 0 Å². The highest BCUT2D eigenvalue weighted by Crippen LogP contribution is 2.49.